The number of carbonyl (C=O) groups excluding carboxylic acids is 1. The van der Waals surface area contributed by atoms with Gasteiger partial charge in [-0.25, -0.2) is 0 Å². The molecule has 20 heavy (non-hydrogen) atoms. The zero-order valence-electron chi connectivity index (χ0n) is 11.9. The molecule has 0 aliphatic heterocycles. The van der Waals surface area contributed by atoms with E-state index in [4.69, 9.17) is 4.42 Å². The highest BCUT2D eigenvalue weighted by Gasteiger charge is 2.11. The molecule has 0 unspecified atom stereocenters. The molecule has 0 radical (unpaired) electrons. The molecule has 0 aliphatic rings. The minimum absolute atomic E-state index is 0.0938. The molecule has 1 aromatic heterocycles. The van der Waals surface area contributed by atoms with Crippen LogP contribution in [0.25, 0.3) is 0 Å². The predicted octanol–water partition coefficient (Wildman–Crippen LogP) is 3.34. The van der Waals surface area contributed by atoms with Crippen molar-refractivity contribution >= 4 is 11.6 Å². The first-order valence-corrected chi connectivity index (χ1v) is 6.86. The highest BCUT2D eigenvalue weighted by molar-refractivity contribution is 5.99. The Labute approximate surface area is 119 Å². The van der Waals surface area contributed by atoms with Crippen molar-refractivity contribution in [3.63, 3.8) is 0 Å². The lowest BCUT2D eigenvalue weighted by molar-refractivity contribution is 0.0948. The average molecular weight is 272 g/mol. The molecule has 0 atom stereocenters. The van der Waals surface area contributed by atoms with Crippen LogP contribution in [0.2, 0.25) is 0 Å². The first kappa shape index (κ1) is 14.2. The lowest BCUT2D eigenvalue weighted by atomic mass is 10.1. The number of aryl methyl sites for hydroxylation is 1. The maximum absolute atomic E-state index is 12.3. The van der Waals surface area contributed by atoms with E-state index in [0.29, 0.717) is 12.1 Å². The van der Waals surface area contributed by atoms with Gasteiger partial charge in [0.05, 0.1) is 18.4 Å². The summed E-state index contributed by atoms with van der Waals surface area (Å²) >= 11 is 0. The van der Waals surface area contributed by atoms with Gasteiger partial charge in [-0.15, -0.1) is 0 Å². The second-order valence-electron chi connectivity index (χ2n) is 4.74. The second-order valence-corrected chi connectivity index (χ2v) is 4.74. The molecule has 2 N–H and O–H groups in total. The number of anilines is 1. The SMILES string of the molecule is CCCNc1ccc(C)cc1C(=O)NCc1ccco1. The average Bonchev–Trinajstić information content (AvgIpc) is 2.96. The summed E-state index contributed by atoms with van der Waals surface area (Å²) in [6, 6.07) is 9.50. The van der Waals surface area contributed by atoms with Crippen molar-refractivity contribution in [3.8, 4) is 0 Å². The van der Waals surface area contributed by atoms with Crippen LogP contribution in [-0.4, -0.2) is 12.5 Å². The predicted molar refractivity (Wildman–Crippen MR) is 79.8 cm³/mol. The third-order valence-electron chi connectivity index (χ3n) is 2.99. The van der Waals surface area contributed by atoms with Gasteiger partial charge < -0.3 is 15.1 Å². The first-order valence-electron chi connectivity index (χ1n) is 6.86. The number of hydrogen-bond donors (Lipinski definition) is 2. The Bertz CT molecular complexity index is 562. The summed E-state index contributed by atoms with van der Waals surface area (Å²) in [5.41, 5.74) is 2.61. The Hall–Kier alpha value is -2.23. The maximum Gasteiger partial charge on any atom is 0.253 e. The molecule has 1 heterocycles. The molecule has 4 nitrogen and oxygen atoms in total. The molecule has 0 fully saturated rings. The number of rotatable bonds is 6. The van der Waals surface area contributed by atoms with Crippen molar-refractivity contribution < 1.29 is 9.21 Å². The second kappa shape index (κ2) is 6.80. The summed E-state index contributed by atoms with van der Waals surface area (Å²) < 4.78 is 5.21. The van der Waals surface area contributed by atoms with Crippen LogP contribution >= 0.6 is 0 Å². The van der Waals surface area contributed by atoms with E-state index >= 15 is 0 Å². The van der Waals surface area contributed by atoms with Gasteiger partial charge in [0, 0.05) is 12.2 Å². The fourth-order valence-electron chi connectivity index (χ4n) is 1.94. The standard InChI is InChI=1S/C16H20N2O2/c1-3-8-17-15-7-6-12(2)10-14(15)16(19)18-11-13-5-4-9-20-13/h4-7,9-10,17H,3,8,11H2,1-2H3,(H,18,19). The lowest BCUT2D eigenvalue weighted by Gasteiger charge is -2.12. The Morgan fingerprint density at radius 1 is 1.30 bits per heavy atom. The number of amides is 1. The largest absolute Gasteiger partial charge is 0.467 e. The molecule has 0 spiro atoms. The molecule has 1 amide bonds. The molecule has 2 rings (SSSR count). The van der Waals surface area contributed by atoms with E-state index in [1.807, 2.05) is 37.3 Å². The fraction of sp³-hybridized carbons (Fsp3) is 0.312. The van der Waals surface area contributed by atoms with Gasteiger partial charge in [-0.2, -0.15) is 0 Å². The van der Waals surface area contributed by atoms with E-state index in [0.717, 1.165) is 30.0 Å². The monoisotopic (exact) mass is 272 g/mol. The van der Waals surface area contributed by atoms with E-state index in [1.54, 1.807) is 6.26 Å². The number of nitrogens with one attached hydrogen (secondary N) is 2. The van der Waals surface area contributed by atoms with Gasteiger partial charge in [0.25, 0.3) is 5.91 Å². The number of hydrogen-bond acceptors (Lipinski definition) is 3. The minimum atomic E-state index is -0.0938. The van der Waals surface area contributed by atoms with Crippen LogP contribution in [0.15, 0.2) is 41.0 Å². The normalized spacial score (nSPS) is 10.3. The van der Waals surface area contributed by atoms with Crippen LogP contribution in [0, 0.1) is 6.92 Å². The topological polar surface area (TPSA) is 54.3 Å². The van der Waals surface area contributed by atoms with Crippen LogP contribution in [0.4, 0.5) is 5.69 Å². The number of furan rings is 1. The van der Waals surface area contributed by atoms with Crippen LogP contribution in [0.1, 0.15) is 35.0 Å². The summed E-state index contributed by atoms with van der Waals surface area (Å²) in [5.74, 6) is 0.651. The Balaban J connectivity index is 2.08. The molecule has 4 heteroatoms. The van der Waals surface area contributed by atoms with Gasteiger partial charge in [-0.3, -0.25) is 4.79 Å². The minimum Gasteiger partial charge on any atom is -0.467 e. The Kier molecular flexibility index (Phi) is 4.82. The fourth-order valence-corrected chi connectivity index (χ4v) is 1.94. The Morgan fingerprint density at radius 3 is 2.85 bits per heavy atom. The third kappa shape index (κ3) is 3.63. The summed E-state index contributed by atoms with van der Waals surface area (Å²) in [4.78, 5) is 12.3. The Morgan fingerprint density at radius 2 is 2.15 bits per heavy atom. The van der Waals surface area contributed by atoms with E-state index in [-0.39, 0.29) is 5.91 Å². The molecule has 0 bridgehead atoms. The van der Waals surface area contributed by atoms with Crippen molar-refractivity contribution in [2.75, 3.05) is 11.9 Å². The summed E-state index contributed by atoms with van der Waals surface area (Å²) in [7, 11) is 0. The molecule has 0 saturated heterocycles. The highest BCUT2D eigenvalue weighted by atomic mass is 16.3. The van der Waals surface area contributed by atoms with Crippen molar-refractivity contribution in [2.45, 2.75) is 26.8 Å². The number of carbonyl (C=O) groups is 1. The van der Waals surface area contributed by atoms with E-state index in [9.17, 15) is 4.79 Å². The molecule has 106 valence electrons. The molecule has 0 aliphatic carbocycles. The van der Waals surface area contributed by atoms with Gasteiger partial charge in [0.2, 0.25) is 0 Å². The summed E-state index contributed by atoms with van der Waals surface area (Å²) in [6.45, 7) is 5.32. The van der Waals surface area contributed by atoms with E-state index < -0.39 is 0 Å². The van der Waals surface area contributed by atoms with Gasteiger partial charge in [-0.1, -0.05) is 18.6 Å². The third-order valence-corrected chi connectivity index (χ3v) is 2.99. The van der Waals surface area contributed by atoms with Gasteiger partial charge in [-0.05, 0) is 37.6 Å². The highest BCUT2D eigenvalue weighted by Crippen LogP contribution is 2.17. The molecular formula is C16H20N2O2. The number of benzene rings is 1. The first-order chi connectivity index (χ1) is 9.70. The molecule has 1 aromatic carbocycles. The zero-order valence-corrected chi connectivity index (χ0v) is 11.9. The quantitative estimate of drug-likeness (QED) is 0.848. The van der Waals surface area contributed by atoms with Crippen molar-refractivity contribution in [3.05, 3.63) is 53.5 Å². The van der Waals surface area contributed by atoms with Gasteiger partial charge >= 0.3 is 0 Å². The van der Waals surface area contributed by atoms with Crippen LogP contribution < -0.4 is 10.6 Å². The lowest BCUT2D eigenvalue weighted by Crippen LogP contribution is -2.24. The zero-order chi connectivity index (χ0) is 14.4. The van der Waals surface area contributed by atoms with Crippen LogP contribution in [0.5, 0.6) is 0 Å². The van der Waals surface area contributed by atoms with Crippen molar-refractivity contribution in [1.29, 1.82) is 0 Å². The van der Waals surface area contributed by atoms with E-state index in [1.165, 1.54) is 0 Å². The smallest absolute Gasteiger partial charge is 0.253 e. The van der Waals surface area contributed by atoms with Crippen LogP contribution in [-0.2, 0) is 6.54 Å². The van der Waals surface area contributed by atoms with Crippen LogP contribution in [0.3, 0.4) is 0 Å². The van der Waals surface area contributed by atoms with E-state index in [2.05, 4.69) is 17.6 Å². The summed E-state index contributed by atoms with van der Waals surface area (Å²) in [5, 5.41) is 6.15. The molecular weight excluding hydrogens is 252 g/mol. The van der Waals surface area contributed by atoms with Gasteiger partial charge in [0.15, 0.2) is 0 Å². The van der Waals surface area contributed by atoms with Crippen molar-refractivity contribution in [2.24, 2.45) is 0 Å². The van der Waals surface area contributed by atoms with Gasteiger partial charge in [0.1, 0.15) is 5.76 Å². The molecule has 0 saturated carbocycles. The molecule has 2 aromatic rings. The maximum atomic E-state index is 12.3. The van der Waals surface area contributed by atoms with Crippen molar-refractivity contribution in [1.82, 2.24) is 5.32 Å². The summed E-state index contributed by atoms with van der Waals surface area (Å²) in [6.07, 6.45) is 2.61.